The molecule has 0 saturated carbocycles. The highest BCUT2D eigenvalue weighted by Crippen LogP contribution is 2.22. The maximum atomic E-state index is 9.37. The summed E-state index contributed by atoms with van der Waals surface area (Å²) < 4.78 is 0. The molecule has 24 heavy (non-hydrogen) atoms. The first-order valence-electron chi connectivity index (χ1n) is 9.55. The average Bonchev–Trinajstić information content (AvgIpc) is 2.60. The van der Waals surface area contributed by atoms with Gasteiger partial charge in [0.2, 0.25) is 0 Å². The molecule has 2 aromatic carbocycles. The predicted molar refractivity (Wildman–Crippen MR) is 104 cm³/mol. The van der Waals surface area contributed by atoms with Crippen LogP contribution in [0, 0.1) is 0 Å². The van der Waals surface area contributed by atoms with Crippen LogP contribution in [0.1, 0.15) is 75.0 Å². The van der Waals surface area contributed by atoms with Crippen LogP contribution in [-0.4, -0.2) is 5.11 Å². The number of hydrogen-bond donors (Lipinski definition) is 1. The fourth-order valence-electron chi connectivity index (χ4n) is 3.23. The Morgan fingerprint density at radius 1 is 0.750 bits per heavy atom. The molecule has 2 aromatic rings. The van der Waals surface area contributed by atoms with E-state index >= 15 is 0 Å². The van der Waals surface area contributed by atoms with Gasteiger partial charge in [-0.2, -0.15) is 0 Å². The van der Waals surface area contributed by atoms with Crippen molar-refractivity contribution < 1.29 is 5.11 Å². The van der Waals surface area contributed by atoms with Crippen molar-refractivity contribution in [3.63, 3.8) is 0 Å². The van der Waals surface area contributed by atoms with Gasteiger partial charge in [0.1, 0.15) is 5.75 Å². The van der Waals surface area contributed by atoms with E-state index in [9.17, 15) is 5.11 Å². The summed E-state index contributed by atoms with van der Waals surface area (Å²) in [5, 5.41) is 9.37. The van der Waals surface area contributed by atoms with Crippen LogP contribution in [0.3, 0.4) is 0 Å². The molecule has 0 bridgehead atoms. The first kappa shape index (κ1) is 18.6. The van der Waals surface area contributed by atoms with Gasteiger partial charge in [-0.25, -0.2) is 0 Å². The van der Waals surface area contributed by atoms with E-state index in [1.807, 2.05) is 12.1 Å². The standard InChI is InChI=1S/C23H32O/c1-3-4-5-6-7-8-9-20-10-14-22(15-11-20)19(2)18-21-12-16-23(24)17-13-21/h10-17,19,24H,3-9,18H2,1-2H3. The maximum Gasteiger partial charge on any atom is 0.115 e. The first-order valence-corrected chi connectivity index (χ1v) is 9.55. The molecule has 1 atom stereocenters. The third-order valence-corrected chi connectivity index (χ3v) is 4.85. The van der Waals surface area contributed by atoms with Gasteiger partial charge in [0.15, 0.2) is 0 Å². The molecule has 1 heteroatoms. The Morgan fingerprint density at radius 3 is 2.00 bits per heavy atom. The lowest BCUT2D eigenvalue weighted by molar-refractivity contribution is 0.475. The molecule has 0 aliphatic rings. The fourth-order valence-corrected chi connectivity index (χ4v) is 3.23. The molecule has 0 fully saturated rings. The zero-order valence-electron chi connectivity index (χ0n) is 15.3. The van der Waals surface area contributed by atoms with Crippen molar-refractivity contribution in [1.29, 1.82) is 0 Å². The Labute approximate surface area is 147 Å². The van der Waals surface area contributed by atoms with Gasteiger partial charge < -0.3 is 5.11 Å². The largest absolute Gasteiger partial charge is 0.508 e. The van der Waals surface area contributed by atoms with Crippen molar-refractivity contribution in [2.24, 2.45) is 0 Å². The Bertz CT molecular complexity index is 568. The van der Waals surface area contributed by atoms with E-state index < -0.39 is 0 Å². The number of rotatable bonds is 10. The molecule has 2 rings (SSSR count). The average molecular weight is 325 g/mol. The van der Waals surface area contributed by atoms with Crippen LogP contribution in [0.4, 0.5) is 0 Å². The molecule has 1 unspecified atom stereocenters. The van der Waals surface area contributed by atoms with Gasteiger partial charge in [0, 0.05) is 0 Å². The summed E-state index contributed by atoms with van der Waals surface area (Å²) in [6.45, 7) is 4.54. The van der Waals surface area contributed by atoms with Crippen molar-refractivity contribution >= 4 is 0 Å². The van der Waals surface area contributed by atoms with Crippen molar-refractivity contribution in [3.05, 3.63) is 65.2 Å². The van der Waals surface area contributed by atoms with Crippen LogP contribution in [-0.2, 0) is 12.8 Å². The minimum absolute atomic E-state index is 0.338. The van der Waals surface area contributed by atoms with E-state index in [1.54, 1.807) is 12.1 Å². The second-order valence-corrected chi connectivity index (χ2v) is 7.03. The van der Waals surface area contributed by atoms with Crippen molar-refractivity contribution in [2.45, 2.75) is 71.1 Å². The lowest BCUT2D eigenvalue weighted by Gasteiger charge is -2.13. The molecular weight excluding hydrogens is 292 g/mol. The molecule has 0 amide bonds. The molecule has 0 aliphatic carbocycles. The number of unbranched alkanes of at least 4 members (excludes halogenated alkanes) is 5. The number of aryl methyl sites for hydroxylation is 1. The third-order valence-electron chi connectivity index (χ3n) is 4.85. The van der Waals surface area contributed by atoms with E-state index in [0.29, 0.717) is 11.7 Å². The highest BCUT2D eigenvalue weighted by atomic mass is 16.3. The van der Waals surface area contributed by atoms with E-state index in [2.05, 4.69) is 38.1 Å². The molecule has 130 valence electrons. The van der Waals surface area contributed by atoms with Crippen molar-refractivity contribution in [2.75, 3.05) is 0 Å². The minimum atomic E-state index is 0.338. The van der Waals surface area contributed by atoms with Gasteiger partial charge in [-0.3, -0.25) is 0 Å². The topological polar surface area (TPSA) is 20.2 Å². The van der Waals surface area contributed by atoms with E-state index in [1.165, 1.54) is 61.6 Å². The Morgan fingerprint density at radius 2 is 1.33 bits per heavy atom. The lowest BCUT2D eigenvalue weighted by Crippen LogP contribution is -1.98. The van der Waals surface area contributed by atoms with Crippen molar-refractivity contribution in [1.82, 2.24) is 0 Å². The lowest BCUT2D eigenvalue weighted by atomic mass is 9.92. The molecule has 0 heterocycles. The maximum absolute atomic E-state index is 9.37. The second kappa shape index (κ2) is 10.2. The quantitative estimate of drug-likeness (QED) is 0.486. The summed E-state index contributed by atoms with van der Waals surface area (Å²) in [6, 6.07) is 16.7. The highest BCUT2D eigenvalue weighted by Gasteiger charge is 2.07. The Balaban J connectivity index is 1.77. The fraction of sp³-hybridized carbons (Fsp3) is 0.478. The third kappa shape index (κ3) is 6.39. The summed E-state index contributed by atoms with van der Waals surface area (Å²) >= 11 is 0. The monoisotopic (exact) mass is 324 g/mol. The summed E-state index contributed by atoms with van der Waals surface area (Å²) in [7, 11) is 0. The Kier molecular flexibility index (Phi) is 7.88. The van der Waals surface area contributed by atoms with E-state index in [4.69, 9.17) is 0 Å². The smallest absolute Gasteiger partial charge is 0.115 e. The number of aromatic hydroxyl groups is 1. The first-order chi connectivity index (χ1) is 11.7. The van der Waals surface area contributed by atoms with Crippen LogP contribution in [0.25, 0.3) is 0 Å². The molecule has 0 spiro atoms. The summed E-state index contributed by atoms with van der Waals surface area (Å²) in [5.41, 5.74) is 4.14. The number of phenols is 1. The molecular formula is C23H32O. The van der Waals surface area contributed by atoms with Crippen LogP contribution >= 0.6 is 0 Å². The van der Waals surface area contributed by atoms with Gasteiger partial charge in [0.25, 0.3) is 0 Å². The second-order valence-electron chi connectivity index (χ2n) is 7.03. The molecule has 0 aliphatic heterocycles. The molecule has 1 nitrogen and oxygen atoms in total. The van der Waals surface area contributed by atoms with Crippen LogP contribution in [0.15, 0.2) is 48.5 Å². The van der Waals surface area contributed by atoms with Crippen molar-refractivity contribution in [3.8, 4) is 5.75 Å². The predicted octanol–water partition coefficient (Wildman–Crippen LogP) is 6.64. The summed E-state index contributed by atoms with van der Waals surface area (Å²) in [6.07, 6.45) is 10.4. The SMILES string of the molecule is CCCCCCCCc1ccc(C(C)Cc2ccc(O)cc2)cc1. The molecule has 0 saturated heterocycles. The molecule has 1 N–H and O–H groups in total. The summed E-state index contributed by atoms with van der Waals surface area (Å²) in [5.74, 6) is 0.836. The zero-order valence-corrected chi connectivity index (χ0v) is 15.3. The van der Waals surface area contributed by atoms with Crippen LogP contribution in [0.2, 0.25) is 0 Å². The summed E-state index contributed by atoms with van der Waals surface area (Å²) in [4.78, 5) is 0. The van der Waals surface area contributed by atoms with Crippen LogP contribution < -0.4 is 0 Å². The van der Waals surface area contributed by atoms with Crippen LogP contribution in [0.5, 0.6) is 5.75 Å². The number of hydrogen-bond acceptors (Lipinski definition) is 1. The van der Waals surface area contributed by atoms with E-state index in [-0.39, 0.29) is 0 Å². The minimum Gasteiger partial charge on any atom is -0.508 e. The van der Waals surface area contributed by atoms with E-state index in [0.717, 1.165) is 6.42 Å². The Hall–Kier alpha value is -1.76. The normalized spacial score (nSPS) is 12.2. The van der Waals surface area contributed by atoms with Gasteiger partial charge >= 0.3 is 0 Å². The molecule has 0 aromatic heterocycles. The van der Waals surface area contributed by atoms with Gasteiger partial charge in [-0.15, -0.1) is 0 Å². The van der Waals surface area contributed by atoms with Gasteiger partial charge in [0.05, 0.1) is 0 Å². The number of benzene rings is 2. The van der Waals surface area contributed by atoms with Gasteiger partial charge in [-0.1, -0.05) is 82.3 Å². The zero-order chi connectivity index (χ0) is 17.2. The highest BCUT2D eigenvalue weighted by molar-refractivity contribution is 5.30. The number of phenolic OH excluding ortho intramolecular Hbond substituents is 1. The molecule has 0 radical (unpaired) electrons. The van der Waals surface area contributed by atoms with Gasteiger partial charge in [-0.05, 0) is 54.0 Å².